The Hall–Kier alpha value is -1.37. The molecule has 0 radical (unpaired) electrons. The Labute approximate surface area is 75.5 Å². The molecule has 70 valence electrons. The minimum Gasteiger partial charge on any atom is -0.481 e. The van der Waals surface area contributed by atoms with Crippen molar-refractivity contribution >= 4 is 5.97 Å². The summed E-state index contributed by atoms with van der Waals surface area (Å²) in [5.41, 5.74) is -0.431. The first kappa shape index (κ1) is 9.72. The maximum Gasteiger partial charge on any atom is 0.307 e. The topological polar surface area (TPSA) is 61.1 Å². The molecular formula is C9H10FNO2. The smallest absolute Gasteiger partial charge is 0.307 e. The molecule has 0 saturated heterocycles. The predicted molar refractivity (Wildman–Crippen MR) is 43.2 cm³/mol. The van der Waals surface area contributed by atoms with Gasteiger partial charge in [0, 0.05) is 5.92 Å². The molecule has 1 saturated carbocycles. The Kier molecular flexibility index (Phi) is 2.12. The van der Waals surface area contributed by atoms with E-state index in [1.807, 2.05) is 0 Å². The van der Waals surface area contributed by atoms with E-state index in [1.165, 1.54) is 6.07 Å². The van der Waals surface area contributed by atoms with Crippen molar-refractivity contribution in [1.82, 2.24) is 0 Å². The Bertz CT molecular complexity index is 314. The van der Waals surface area contributed by atoms with E-state index in [0.29, 0.717) is 0 Å². The minimum absolute atomic E-state index is 0.357. The first-order valence-electron chi connectivity index (χ1n) is 3.91. The van der Waals surface area contributed by atoms with Crippen LogP contribution in [0.5, 0.6) is 0 Å². The first-order chi connectivity index (χ1) is 5.91. The number of aliphatic carboxylic acids is 1. The standard InChI is InChI=1S/C9H10FNO2/c1-9(2)6(3-5(10)4-11)7(9)8(12)13/h3,6-7H,1-2H3,(H,12,13). The molecule has 3 nitrogen and oxygen atoms in total. The maximum absolute atomic E-state index is 12.5. The highest BCUT2D eigenvalue weighted by molar-refractivity contribution is 5.76. The van der Waals surface area contributed by atoms with Crippen LogP contribution in [0, 0.1) is 28.6 Å². The monoisotopic (exact) mass is 183 g/mol. The highest BCUT2D eigenvalue weighted by Gasteiger charge is 2.61. The van der Waals surface area contributed by atoms with Gasteiger partial charge in [0.1, 0.15) is 6.07 Å². The van der Waals surface area contributed by atoms with Gasteiger partial charge in [-0.2, -0.15) is 9.65 Å². The molecule has 13 heavy (non-hydrogen) atoms. The Morgan fingerprint density at radius 1 is 1.69 bits per heavy atom. The minimum atomic E-state index is -0.933. The molecule has 0 amide bonds. The van der Waals surface area contributed by atoms with E-state index >= 15 is 0 Å². The van der Waals surface area contributed by atoms with Crippen molar-refractivity contribution in [3.05, 3.63) is 11.9 Å². The van der Waals surface area contributed by atoms with Gasteiger partial charge in [-0.25, -0.2) is 0 Å². The number of halogens is 1. The number of nitriles is 1. The molecule has 1 fully saturated rings. The Morgan fingerprint density at radius 3 is 2.54 bits per heavy atom. The van der Waals surface area contributed by atoms with Crippen LogP contribution in [-0.4, -0.2) is 11.1 Å². The molecule has 0 aromatic rings. The lowest BCUT2D eigenvalue weighted by molar-refractivity contribution is -0.139. The number of hydrogen-bond acceptors (Lipinski definition) is 2. The quantitative estimate of drug-likeness (QED) is 0.663. The molecule has 4 heteroatoms. The van der Waals surface area contributed by atoms with Gasteiger partial charge in [0.25, 0.3) is 0 Å². The summed E-state index contributed by atoms with van der Waals surface area (Å²) >= 11 is 0. The zero-order valence-corrected chi connectivity index (χ0v) is 7.41. The van der Waals surface area contributed by atoms with Crippen LogP contribution in [-0.2, 0) is 4.79 Å². The zero-order chi connectivity index (χ0) is 10.2. The van der Waals surface area contributed by atoms with Crippen LogP contribution in [0.2, 0.25) is 0 Å². The summed E-state index contributed by atoms with van der Waals surface area (Å²) in [4.78, 5) is 10.6. The number of nitrogens with zero attached hydrogens (tertiary/aromatic N) is 1. The number of hydrogen-bond donors (Lipinski definition) is 1. The van der Waals surface area contributed by atoms with Gasteiger partial charge in [-0.1, -0.05) is 13.8 Å². The highest BCUT2D eigenvalue weighted by Crippen LogP contribution is 2.59. The molecule has 0 aromatic heterocycles. The average Bonchev–Trinajstić information content (AvgIpc) is 2.53. The third kappa shape index (κ3) is 1.55. The van der Waals surface area contributed by atoms with E-state index in [4.69, 9.17) is 10.4 Å². The zero-order valence-electron chi connectivity index (χ0n) is 7.41. The van der Waals surface area contributed by atoms with Gasteiger partial charge in [0.15, 0.2) is 5.83 Å². The summed E-state index contributed by atoms with van der Waals surface area (Å²) in [7, 11) is 0. The highest BCUT2D eigenvalue weighted by atomic mass is 19.1. The van der Waals surface area contributed by atoms with Crippen molar-refractivity contribution in [2.45, 2.75) is 13.8 Å². The summed E-state index contributed by atoms with van der Waals surface area (Å²) in [6.07, 6.45) is 1.10. The van der Waals surface area contributed by atoms with Crippen LogP contribution in [0.3, 0.4) is 0 Å². The fraction of sp³-hybridized carbons (Fsp3) is 0.556. The normalized spacial score (nSPS) is 30.8. The summed E-state index contributed by atoms with van der Waals surface area (Å²) in [5.74, 6) is -2.75. The van der Waals surface area contributed by atoms with Crippen LogP contribution in [0.25, 0.3) is 0 Å². The maximum atomic E-state index is 12.5. The van der Waals surface area contributed by atoms with Gasteiger partial charge in [-0.15, -0.1) is 0 Å². The van der Waals surface area contributed by atoms with Crippen LogP contribution in [0.4, 0.5) is 4.39 Å². The molecule has 0 aromatic carbocycles. The van der Waals surface area contributed by atoms with E-state index in [9.17, 15) is 9.18 Å². The lowest BCUT2D eigenvalue weighted by atomic mass is 10.1. The molecule has 2 atom stereocenters. The van der Waals surface area contributed by atoms with Crippen molar-refractivity contribution in [3.63, 3.8) is 0 Å². The van der Waals surface area contributed by atoms with E-state index in [0.717, 1.165) is 6.08 Å². The second kappa shape index (κ2) is 2.84. The van der Waals surface area contributed by atoms with Crippen molar-refractivity contribution in [2.75, 3.05) is 0 Å². The SMILES string of the molecule is CC1(C)C(C=C(F)C#N)C1C(=O)O. The molecule has 1 N–H and O–H groups in total. The van der Waals surface area contributed by atoms with Gasteiger partial charge in [0.2, 0.25) is 0 Å². The molecule has 1 aliphatic carbocycles. The van der Waals surface area contributed by atoms with Crippen LogP contribution in [0.1, 0.15) is 13.8 Å². The van der Waals surface area contributed by atoms with E-state index in [2.05, 4.69) is 0 Å². The van der Waals surface area contributed by atoms with Gasteiger partial charge >= 0.3 is 5.97 Å². The Balaban J connectivity index is 2.79. The fourth-order valence-electron chi connectivity index (χ4n) is 1.66. The summed E-state index contributed by atoms with van der Waals surface area (Å²) in [6.45, 7) is 3.50. The van der Waals surface area contributed by atoms with Crippen molar-refractivity contribution < 1.29 is 14.3 Å². The molecule has 1 rings (SSSR count). The summed E-state index contributed by atoms with van der Waals surface area (Å²) in [5, 5.41) is 16.9. The van der Waals surface area contributed by atoms with Crippen molar-refractivity contribution in [2.24, 2.45) is 17.3 Å². The van der Waals surface area contributed by atoms with Gasteiger partial charge in [-0.05, 0) is 11.5 Å². The van der Waals surface area contributed by atoms with E-state index < -0.39 is 23.1 Å². The third-order valence-electron chi connectivity index (χ3n) is 2.61. The third-order valence-corrected chi connectivity index (χ3v) is 2.61. The van der Waals surface area contributed by atoms with Gasteiger partial charge in [0.05, 0.1) is 5.92 Å². The lowest BCUT2D eigenvalue weighted by Gasteiger charge is -1.95. The fourth-order valence-corrected chi connectivity index (χ4v) is 1.66. The summed E-state index contributed by atoms with van der Waals surface area (Å²) in [6, 6.07) is 1.34. The average molecular weight is 183 g/mol. The molecule has 0 spiro atoms. The van der Waals surface area contributed by atoms with Gasteiger partial charge in [-0.3, -0.25) is 4.79 Å². The molecule has 2 unspecified atom stereocenters. The van der Waals surface area contributed by atoms with Crippen LogP contribution < -0.4 is 0 Å². The van der Waals surface area contributed by atoms with Gasteiger partial charge < -0.3 is 5.11 Å². The number of carbonyl (C=O) groups is 1. The van der Waals surface area contributed by atoms with Crippen molar-refractivity contribution in [1.29, 1.82) is 5.26 Å². The largest absolute Gasteiger partial charge is 0.481 e. The van der Waals surface area contributed by atoms with Crippen molar-refractivity contribution in [3.8, 4) is 6.07 Å². The summed E-state index contributed by atoms with van der Waals surface area (Å²) < 4.78 is 12.5. The number of carboxylic acid groups (broad SMARTS) is 1. The first-order valence-corrected chi connectivity index (χ1v) is 3.91. The van der Waals surface area contributed by atoms with E-state index in [-0.39, 0.29) is 5.92 Å². The molecule has 0 aliphatic heterocycles. The molecule has 0 heterocycles. The van der Waals surface area contributed by atoms with Crippen LogP contribution in [0.15, 0.2) is 11.9 Å². The van der Waals surface area contributed by atoms with Crippen LogP contribution >= 0.6 is 0 Å². The second-order valence-corrected chi connectivity index (χ2v) is 3.79. The lowest BCUT2D eigenvalue weighted by Crippen LogP contribution is -2.02. The number of allylic oxidation sites excluding steroid dienone is 2. The Morgan fingerprint density at radius 2 is 2.23 bits per heavy atom. The molecular weight excluding hydrogens is 173 g/mol. The molecule has 1 aliphatic rings. The van der Waals surface area contributed by atoms with E-state index in [1.54, 1.807) is 13.8 Å². The number of carboxylic acids is 1. The second-order valence-electron chi connectivity index (χ2n) is 3.79. The number of rotatable bonds is 2. The predicted octanol–water partition coefficient (Wildman–Crippen LogP) is 1.72. The molecule has 0 bridgehead atoms.